The molecule has 1 aromatic heterocycles. The second-order valence-electron chi connectivity index (χ2n) is 4.53. The van der Waals surface area contributed by atoms with Gasteiger partial charge in [-0.15, -0.1) is 0 Å². The van der Waals surface area contributed by atoms with Gasteiger partial charge in [0.25, 0.3) is 0 Å². The summed E-state index contributed by atoms with van der Waals surface area (Å²) in [5, 5.41) is 4.41. The number of benzene rings is 1. The highest BCUT2D eigenvalue weighted by Gasteiger charge is 2.13. The summed E-state index contributed by atoms with van der Waals surface area (Å²) >= 11 is 0. The Kier molecular flexibility index (Phi) is 3.23. The second kappa shape index (κ2) is 4.68. The summed E-state index contributed by atoms with van der Waals surface area (Å²) in [5.41, 5.74) is 7.38. The third-order valence-corrected chi connectivity index (χ3v) is 2.80. The van der Waals surface area contributed by atoms with Gasteiger partial charge in [0.15, 0.2) is 5.82 Å². The van der Waals surface area contributed by atoms with E-state index in [9.17, 15) is 0 Å². The summed E-state index contributed by atoms with van der Waals surface area (Å²) in [5.74, 6) is 2.65. The molecule has 0 unspecified atom stereocenters. The molecule has 1 aromatic carbocycles. The molecule has 0 saturated heterocycles. The quantitative estimate of drug-likeness (QED) is 0.843. The monoisotopic (exact) mass is 246 g/mol. The highest BCUT2D eigenvalue weighted by Crippen LogP contribution is 2.27. The summed E-state index contributed by atoms with van der Waals surface area (Å²) in [4.78, 5) is 4.53. The number of anilines is 1. The lowest BCUT2D eigenvalue weighted by atomic mass is 10.1. The first-order valence-electron chi connectivity index (χ1n) is 5.87. The lowest BCUT2D eigenvalue weighted by molar-refractivity contribution is 0.417. The molecule has 0 aliphatic rings. The number of nitrogens with two attached hydrogens (primary N) is 1. The Bertz CT molecular complexity index is 560. The number of aromatic nitrogens is 3. The van der Waals surface area contributed by atoms with Gasteiger partial charge in [-0.1, -0.05) is 13.8 Å². The molecule has 2 N–H and O–H groups in total. The zero-order valence-electron chi connectivity index (χ0n) is 11.1. The highest BCUT2D eigenvalue weighted by molar-refractivity contribution is 5.66. The van der Waals surface area contributed by atoms with Crippen molar-refractivity contribution >= 4 is 5.69 Å². The number of hydrogen-bond acceptors (Lipinski definition) is 4. The number of hydrogen-bond donors (Lipinski definition) is 1. The number of nitrogens with zero attached hydrogens (tertiary/aromatic N) is 3. The van der Waals surface area contributed by atoms with E-state index in [0.717, 1.165) is 11.4 Å². The number of nitrogen functional groups attached to an aromatic ring is 1. The SMILES string of the molecule is COc1ccc(-c2nc(C(C)C)n(C)n2)cc1N. The molecule has 18 heavy (non-hydrogen) atoms. The zero-order chi connectivity index (χ0) is 13.3. The standard InChI is InChI=1S/C13H18N4O/c1-8(2)13-15-12(16-17(13)3)9-5-6-11(18-4)10(14)7-9/h5-8H,14H2,1-4H3. The fraction of sp³-hybridized carbons (Fsp3) is 0.385. The van der Waals surface area contributed by atoms with E-state index in [1.54, 1.807) is 11.8 Å². The van der Waals surface area contributed by atoms with Gasteiger partial charge in [-0.2, -0.15) is 5.10 Å². The van der Waals surface area contributed by atoms with Gasteiger partial charge in [0, 0.05) is 18.5 Å². The molecule has 0 bridgehead atoms. The predicted molar refractivity (Wildman–Crippen MR) is 71.5 cm³/mol. The van der Waals surface area contributed by atoms with Crippen LogP contribution >= 0.6 is 0 Å². The van der Waals surface area contributed by atoms with E-state index in [2.05, 4.69) is 23.9 Å². The normalized spacial score (nSPS) is 10.9. The lowest BCUT2D eigenvalue weighted by Gasteiger charge is -2.04. The van der Waals surface area contributed by atoms with E-state index in [1.807, 2.05) is 25.2 Å². The summed E-state index contributed by atoms with van der Waals surface area (Å²) in [6.07, 6.45) is 0. The minimum absolute atomic E-state index is 0.340. The summed E-state index contributed by atoms with van der Waals surface area (Å²) in [6, 6.07) is 5.57. The molecule has 0 amide bonds. The minimum atomic E-state index is 0.340. The van der Waals surface area contributed by atoms with Gasteiger partial charge < -0.3 is 10.5 Å². The Labute approximate surface area is 107 Å². The maximum atomic E-state index is 5.89. The van der Waals surface area contributed by atoms with Gasteiger partial charge in [-0.25, -0.2) is 4.98 Å². The van der Waals surface area contributed by atoms with Crippen molar-refractivity contribution in [2.24, 2.45) is 7.05 Å². The molecular weight excluding hydrogens is 228 g/mol. The molecule has 5 nitrogen and oxygen atoms in total. The molecule has 0 aliphatic heterocycles. The van der Waals surface area contributed by atoms with Gasteiger partial charge >= 0.3 is 0 Å². The maximum Gasteiger partial charge on any atom is 0.181 e. The van der Waals surface area contributed by atoms with E-state index in [0.29, 0.717) is 23.2 Å². The number of rotatable bonds is 3. The van der Waals surface area contributed by atoms with Gasteiger partial charge in [-0.05, 0) is 18.2 Å². The van der Waals surface area contributed by atoms with E-state index < -0.39 is 0 Å². The number of aryl methyl sites for hydroxylation is 1. The smallest absolute Gasteiger partial charge is 0.181 e. The largest absolute Gasteiger partial charge is 0.495 e. The van der Waals surface area contributed by atoms with Crippen LogP contribution in [0.4, 0.5) is 5.69 Å². The Morgan fingerprint density at radius 2 is 2.06 bits per heavy atom. The minimum Gasteiger partial charge on any atom is -0.495 e. The first-order valence-corrected chi connectivity index (χ1v) is 5.87. The Hall–Kier alpha value is -2.04. The van der Waals surface area contributed by atoms with Crippen molar-refractivity contribution in [2.45, 2.75) is 19.8 Å². The van der Waals surface area contributed by atoms with Crippen molar-refractivity contribution in [2.75, 3.05) is 12.8 Å². The first kappa shape index (κ1) is 12.4. The highest BCUT2D eigenvalue weighted by atomic mass is 16.5. The van der Waals surface area contributed by atoms with Crippen LogP contribution in [-0.4, -0.2) is 21.9 Å². The molecule has 96 valence electrons. The zero-order valence-corrected chi connectivity index (χ0v) is 11.1. The molecule has 2 aromatic rings. The lowest BCUT2D eigenvalue weighted by Crippen LogP contribution is -2.00. The molecule has 0 aliphatic carbocycles. The van der Waals surface area contributed by atoms with Crippen molar-refractivity contribution in [3.05, 3.63) is 24.0 Å². The van der Waals surface area contributed by atoms with Crippen LogP contribution in [0.15, 0.2) is 18.2 Å². The van der Waals surface area contributed by atoms with Gasteiger partial charge in [0.05, 0.1) is 12.8 Å². The Morgan fingerprint density at radius 3 is 2.56 bits per heavy atom. The Balaban J connectivity index is 2.43. The number of ether oxygens (including phenoxy) is 1. The van der Waals surface area contributed by atoms with Crippen molar-refractivity contribution in [3.8, 4) is 17.1 Å². The molecular formula is C13H18N4O. The van der Waals surface area contributed by atoms with Crippen LogP contribution in [0.3, 0.4) is 0 Å². The van der Waals surface area contributed by atoms with Crippen molar-refractivity contribution in [1.29, 1.82) is 0 Å². The fourth-order valence-electron chi connectivity index (χ4n) is 1.90. The molecule has 0 saturated carbocycles. The third kappa shape index (κ3) is 2.16. The summed E-state index contributed by atoms with van der Waals surface area (Å²) in [7, 11) is 3.50. The topological polar surface area (TPSA) is 66.0 Å². The van der Waals surface area contributed by atoms with E-state index >= 15 is 0 Å². The van der Waals surface area contributed by atoms with Crippen LogP contribution in [0.2, 0.25) is 0 Å². The van der Waals surface area contributed by atoms with Gasteiger partial charge in [0.1, 0.15) is 11.6 Å². The molecule has 0 spiro atoms. The maximum absolute atomic E-state index is 5.89. The summed E-state index contributed by atoms with van der Waals surface area (Å²) < 4.78 is 6.94. The van der Waals surface area contributed by atoms with Crippen LogP contribution in [0, 0.1) is 0 Å². The molecule has 0 atom stereocenters. The number of methoxy groups -OCH3 is 1. The van der Waals surface area contributed by atoms with Gasteiger partial charge in [-0.3, -0.25) is 4.68 Å². The van der Waals surface area contributed by atoms with Crippen LogP contribution in [0.5, 0.6) is 5.75 Å². The van der Waals surface area contributed by atoms with E-state index in [-0.39, 0.29) is 0 Å². The predicted octanol–water partition coefficient (Wildman–Crippen LogP) is 2.20. The van der Waals surface area contributed by atoms with E-state index in [1.165, 1.54) is 0 Å². The van der Waals surface area contributed by atoms with Crippen molar-refractivity contribution in [1.82, 2.24) is 14.8 Å². The van der Waals surface area contributed by atoms with Crippen LogP contribution < -0.4 is 10.5 Å². The van der Waals surface area contributed by atoms with Crippen LogP contribution in [0.1, 0.15) is 25.6 Å². The van der Waals surface area contributed by atoms with Crippen molar-refractivity contribution < 1.29 is 4.74 Å². The van der Waals surface area contributed by atoms with Crippen LogP contribution in [-0.2, 0) is 7.05 Å². The molecule has 5 heteroatoms. The fourth-order valence-corrected chi connectivity index (χ4v) is 1.90. The summed E-state index contributed by atoms with van der Waals surface area (Å²) in [6.45, 7) is 4.19. The third-order valence-electron chi connectivity index (χ3n) is 2.80. The first-order chi connectivity index (χ1) is 8.52. The molecule has 0 fully saturated rings. The molecule has 2 rings (SSSR count). The van der Waals surface area contributed by atoms with Gasteiger partial charge in [0.2, 0.25) is 0 Å². The van der Waals surface area contributed by atoms with Crippen molar-refractivity contribution in [3.63, 3.8) is 0 Å². The second-order valence-corrected chi connectivity index (χ2v) is 4.53. The molecule has 0 radical (unpaired) electrons. The average Bonchev–Trinajstić information content (AvgIpc) is 2.71. The molecule has 1 heterocycles. The van der Waals surface area contributed by atoms with E-state index in [4.69, 9.17) is 10.5 Å². The van der Waals surface area contributed by atoms with Crippen LogP contribution in [0.25, 0.3) is 11.4 Å². The average molecular weight is 246 g/mol. The Morgan fingerprint density at radius 1 is 1.33 bits per heavy atom.